The Morgan fingerprint density at radius 3 is 2.86 bits per heavy atom. The summed E-state index contributed by atoms with van der Waals surface area (Å²) in [5.41, 5.74) is 9.46. The second-order valence-electron chi connectivity index (χ2n) is 4.28. The molecule has 1 aromatic carbocycles. The highest BCUT2D eigenvalue weighted by atomic mass is 16.5. The number of rotatable bonds is 6. The Balaban J connectivity index is 2.09. The summed E-state index contributed by atoms with van der Waals surface area (Å²) in [4.78, 5) is 18.2. The molecule has 0 unspecified atom stereocenters. The molecule has 0 spiro atoms. The van der Waals surface area contributed by atoms with Crippen molar-refractivity contribution in [3.63, 3.8) is 0 Å². The van der Waals surface area contributed by atoms with Gasteiger partial charge in [0.05, 0.1) is 13.7 Å². The van der Waals surface area contributed by atoms with E-state index in [-0.39, 0.29) is 5.56 Å². The molecule has 7 nitrogen and oxygen atoms in total. The van der Waals surface area contributed by atoms with E-state index < -0.39 is 5.91 Å². The van der Waals surface area contributed by atoms with Crippen LogP contribution in [0, 0.1) is 0 Å². The van der Waals surface area contributed by atoms with Crippen LogP contribution in [0.5, 0.6) is 11.5 Å². The predicted molar refractivity (Wildman–Crippen MR) is 79.9 cm³/mol. The van der Waals surface area contributed by atoms with E-state index in [0.29, 0.717) is 24.5 Å². The summed E-state index contributed by atoms with van der Waals surface area (Å²) < 4.78 is 10.8. The average Bonchev–Trinajstić information content (AvgIpc) is 2.56. The number of aromatic nitrogens is 1. The maximum absolute atomic E-state index is 11.6. The Hall–Kier alpha value is -3.05. The third-order valence-electron chi connectivity index (χ3n) is 2.89. The van der Waals surface area contributed by atoms with Gasteiger partial charge in [0.2, 0.25) is 5.91 Å². The molecule has 0 aliphatic rings. The van der Waals surface area contributed by atoms with E-state index in [1.807, 2.05) is 18.2 Å². The molecule has 0 radical (unpaired) electrons. The van der Waals surface area contributed by atoms with E-state index in [0.717, 1.165) is 5.69 Å². The third kappa shape index (κ3) is 3.97. The van der Waals surface area contributed by atoms with Crippen LogP contribution >= 0.6 is 0 Å². The Kier molecular flexibility index (Phi) is 5.34. The normalized spacial score (nSPS) is 9.68. The van der Waals surface area contributed by atoms with Gasteiger partial charge in [0.25, 0.3) is 0 Å². The van der Waals surface area contributed by atoms with Crippen molar-refractivity contribution in [2.75, 3.05) is 13.7 Å². The van der Waals surface area contributed by atoms with Crippen LogP contribution in [0.1, 0.15) is 16.1 Å². The molecule has 0 fully saturated rings. The van der Waals surface area contributed by atoms with Gasteiger partial charge in [-0.2, -0.15) is 0 Å². The highest BCUT2D eigenvalue weighted by molar-refractivity contribution is 5.95. The molecule has 1 amide bonds. The van der Waals surface area contributed by atoms with Crippen LogP contribution in [0.25, 0.3) is 10.4 Å². The Bertz CT molecular complexity index is 697. The van der Waals surface area contributed by atoms with Crippen LogP contribution in [0.2, 0.25) is 0 Å². The number of amides is 1. The Morgan fingerprint density at radius 1 is 1.32 bits per heavy atom. The van der Waals surface area contributed by atoms with Gasteiger partial charge in [-0.3, -0.25) is 9.78 Å². The quantitative estimate of drug-likeness (QED) is 0.464. The first kappa shape index (κ1) is 15.3. The highest BCUT2D eigenvalue weighted by Gasteiger charge is 2.10. The standard InChI is InChI=1S/C15H14N4O3/c1-21-13-6-5-11(15(20)18-19-16)10-14(13)22-9-7-12-4-2-3-8-17-12/h2-6,8,10H,7,9H2,1H3. The molecule has 0 aliphatic heterocycles. The van der Waals surface area contributed by atoms with Crippen molar-refractivity contribution >= 4 is 5.91 Å². The SMILES string of the molecule is COc1ccc(C(=O)N=[N+]=[N-])cc1OCCc1ccccn1. The molecule has 0 saturated carbocycles. The van der Waals surface area contributed by atoms with Crippen LogP contribution in [0.15, 0.2) is 47.7 Å². The number of hydrogen-bond acceptors (Lipinski definition) is 4. The fourth-order valence-electron chi connectivity index (χ4n) is 1.83. The van der Waals surface area contributed by atoms with Gasteiger partial charge in [-0.1, -0.05) is 6.07 Å². The number of benzene rings is 1. The molecule has 0 aliphatic carbocycles. The molecule has 7 heteroatoms. The summed E-state index contributed by atoms with van der Waals surface area (Å²) >= 11 is 0. The molecule has 0 saturated heterocycles. The molecule has 2 aromatic rings. The maximum Gasteiger partial charge on any atom is 0.249 e. The number of methoxy groups -OCH3 is 1. The number of carbonyl (C=O) groups excluding carboxylic acids is 1. The second kappa shape index (κ2) is 7.66. The molecule has 1 heterocycles. The lowest BCUT2D eigenvalue weighted by Gasteiger charge is -2.11. The van der Waals surface area contributed by atoms with E-state index in [9.17, 15) is 4.79 Å². The number of nitrogens with zero attached hydrogens (tertiary/aromatic N) is 4. The monoisotopic (exact) mass is 298 g/mol. The summed E-state index contributed by atoms with van der Waals surface area (Å²) in [7, 11) is 1.51. The van der Waals surface area contributed by atoms with Gasteiger partial charge < -0.3 is 9.47 Å². The van der Waals surface area contributed by atoms with Gasteiger partial charge in [0.15, 0.2) is 11.5 Å². The zero-order valence-corrected chi connectivity index (χ0v) is 12.0. The molecular weight excluding hydrogens is 284 g/mol. The van der Waals surface area contributed by atoms with E-state index in [1.54, 1.807) is 12.3 Å². The van der Waals surface area contributed by atoms with Crippen molar-refractivity contribution in [1.82, 2.24) is 4.98 Å². The van der Waals surface area contributed by atoms with Crippen molar-refractivity contribution in [3.8, 4) is 11.5 Å². The maximum atomic E-state index is 11.6. The summed E-state index contributed by atoms with van der Waals surface area (Å²) in [5.74, 6) is 0.246. The first-order valence-electron chi connectivity index (χ1n) is 6.54. The van der Waals surface area contributed by atoms with Crippen LogP contribution < -0.4 is 9.47 Å². The first-order valence-corrected chi connectivity index (χ1v) is 6.54. The lowest BCUT2D eigenvalue weighted by Crippen LogP contribution is -2.05. The summed E-state index contributed by atoms with van der Waals surface area (Å²) in [5, 5.41) is 3.05. The molecular formula is C15H14N4O3. The van der Waals surface area contributed by atoms with Crippen molar-refractivity contribution in [3.05, 3.63) is 64.3 Å². The van der Waals surface area contributed by atoms with Crippen LogP contribution in [-0.4, -0.2) is 24.6 Å². The van der Waals surface area contributed by atoms with E-state index in [2.05, 4.69) is 15.0 Å². The van der Waals surface area contributed by atoms with Gasteiger partial charge in [-0.05, 0) is 41.0 Å². The Morgan fingerprint density at radius 2 is 2.18 bits per heavy atom. The smallest absolute Gasteiger partial charge is 0.249 e. The minimum Gasteiger partial charge on any atom is -0.493 e. The third-order valence-corrected chi connectivity index (χ3v) is 2.89. The van der Waals surface area contributed by atoms with Gasteiger partial charge in [0, 0.05) is 28.8 Å². The molecule has 1 aromatic heterocycles. The van der Waals surface area contributed by atoms with E-state index >= 15 is 0 Å². The van der Waals surface area contributed by atoms with Gasteiger partial charge >= 0.3 is 0 Å². The topological polar surface area (TPSA) is 97.2 Å². The van der Waals surface area contributed by atoms with Crippen LogP contribution in [0.4, 0.5) is 0 Å². The largest absolute Gasteiger partial charge is 0.493 e. The average molecular weight is 298 g/mol. The van der Waals surface area contributed by atoms with Crippen molar-refractivity contribution in [2.45, 2.75) is 6.42 Å². The Labute approximate surface area is 127 Å². The van der Waals surface area contributed by atoms with Crippen molar-refractivity contribution < 1.29 is 14.3 Å². The number of ether oxygens (including phenoxy) is 2. The summed E-state index contributed by atoms with van der Waals surface area (Å²) in [6.45, 7) is 0.381. The van der Waals surface area contributed by atoms with Gasteiger partial charge in [-0.25, -0.2) is 0 Å². The number of azide groups is 1. The molecule has 0 atom stereocenters. The van der Waals surface area contributed by atoms with Crippen LogP contribution in [0.3, 0.4) is 0 Å². The number of carbonyl (C=O) groups is 1. The molecule has 22 heavy (non-hydrogen) atoms. The van der Waals surface area contributed by atoms with E-state index in [4.69, 9.17) is 15.0 Å². The minimum atomic E-state index is -0.667. The zero-order valence-electron chi connectivity index (χ0n) is 12.0. The van der Waals surface area contributed by atoms with Gasteiger partial charge in [-0.15, -0.1) is 0 Å². The van der Waals surface area contributed by atoms with Gasteiger partial charge in [0.1, 0.15) is 0 Å². The predicted octanol–water partition coefficient (Wildman–Crippen LogP) is 3.16. The lowest BCUT2D eigenvalue weighted by molar-refractivity contribution is 0.1000. The number of hydrogen-bond donors (Lipinski definition) is 0. The molecule has 2 rings (SSSR count). The fraction of sp³-hybridized carbons (Fsp3) is 0.200. The van der Waals surface area contributed by atoms with E-state index in [1.165, 1.54) is 19.2 Å². The minimum absolute atomic E-state index is 0.242. The molecule has 112 valence electrons. The second-order valence-corrected chi connectivity index (χ2v) is 4.28. The van der Waals surface area contributed by atoms with Crippen LogP contribution in [-0.2, 0) is 6.42 Å². The van der Waals surface area contributed by atoms with Crippen molar-refractivity contribution in [2.24, 2.45) is 5.11 Å². The lowest BCUT2D eigenvalue weighted by atomic mass is 10.2. The zero-order chi connectivity index (χ0) is 15.8. The van der Waals surface area contributed by atoms with Crippen molar-refractivity contribution in [1.29, 1.82) is 0 Å². The molecule has 0 N–H and O–H groups in total. The first-order chi connectivity index (χ1) is 10.7. The summed E-state index contributed by atoms with van der Waals surface area (Å²) in [6.07, 6.45) is 2.34. The number of pyridine rings is 1. The summed E-state index contributed by atoms with van der Waals surface area (Å²) in [6, 6.07) is 10.3. The fourth-order valence-corrected chi connectivity index (χ4v) is 1.83. The molecule has 0 bridgehead atoms. The highest BCUT2D eigenvalue weighted by Crippen LogP contribution is 2.28.